The van der Waals surface area contributed by atoms with Gasteiger partial charge in [-0.3, -0.25) is 4.79 Å². The zero-order chi connectivity index (χ0) is 13.2. The van der Waals surface area contributed by atoms with E-state index >= 15 is 0 Å². The molecule has 1 atom stereocenters. The van der Waals surface area contributed by atoms with E-state index in [0.717, 1.165) is 17.6 Å². The summed E-state index contributed by atoms with van der Waals surface area (Å²) < 4.78 is 18.6. The molecule has 18 heavy (non-hydrogen) atoms. The van der Waals surface area contributed by atoms with Gasteiger partial charge in [-0.05, 0) is 11.9 Å². The number of hydrogen-bond acceptors (Lipinski definition) is 7. The first-order valence-corrected chi connectivity index (χ1v) is 6.53. The molecule has 0 aromatic carbocycles. The lowest BCUT2D eigenvalue weighted by molar-refractivity contribution is -0.133. The molecule has 0 aromatic rings. The van der Waals surface area contributed by atoms with Gasteiger partial charge in [0.25, 0.3) is 0 Å². The number of aliphatic carboxylic acids is 1. The Hall–Kier alpha value is -0.960. The maximum Gasteiger partial charge on any atom is 0.315 e. The highest BCUT2D eigenvalue weighted by Crippen LogP contribution is 2.18. The molecule has 7 nitrogen and oxygen atoms in total. The maximum atomic E-state index is 10.3. The summed E-state index contributed by atoms with van der Waals surface area (Å²) >= 11 is 1.11. The Labute approximate surface area is 110 Å². The monoisotopic (exact) mass is 278 g/mol. The van der Waals surface area contributed by atoms with Crippen molar-refractivity contribution in [2.75, 3.05) is 38.7 Å². The third kappa shape index (κ3) is 6.10. The van der Waals surface area contributed by atoms with Crippen molar-refractivity contribution in [3.8, 4) is 0 Å². The van der Waals surface area contributed by atoms with Crippen molar-refractivity contribution < 1.29 is 24.1 Å². The molecule has 104 valence electrons. The van der Waals surface area contributed by atoms with Crippen molar-refractivity contribution >= 4 is 17.9 Å². The molecule has 1 aliphatic heterocycles. The molecule has 0 radical (unpaired) electrons. The molecule has 1 rings (SSSR count). The van der Waals surface area contributed by atoms with Gasteiger partial charge in [0.2, 0.25) is 0 Å². The summed E-state index contributed by atoms with van der Waals surface area (Å²) in [7, 11) is 0. The Morgan fingerprint density at radius 2 is 2.28 bits per heavy atom. The Morgan fingerprint density at radius 3 is 2.89 bits per heavy atom. The summed E-state index contributed by atoms with van der Waals surface area (Å²) in [6.07, 6.45) is 1.40. The number of carbonyl (C=O) groups is 1. The predicted octanol–water partition coefficient (Wildman–Crippen LogP) is -0.459. The van der Waals surface area contributed by atoms with Crippen molar-refractivity contribution in [3.63, 3.8) is 0 Å². The number of ether oxygens (including phenoxy) is 3. The van der Waals surface area contributed by atoms with Crippen molar-refractivity contribution in [1.82, 2.24) is 4.72 Å². The highest BCUT2D eigenvalue weighted by Gasteiger charge is 2.23. The molecule has 4 N–H and O–H groups in total. The molecule has 0 saturated heterocycles. The Balaban J connectivity index is 1.96. The van der Waals surface area contributed by atoms with Crippen LogP contribution in [0, 0.1) is 0 Å². The highest BCUT2D eigenvalue weighted by atomic mass is 32.2. The van der Waals surface area contributed by atoms with Gasteiger partial charge in [-0.1, -0.05) is 0 Å². The first-order valence-electron chi connectivity index (χ1n) is 5.54. The van der Waals surface area contributed by atoms with Crippen LogP contribution in [0.15, 0.2) is 12.0 Å². The fraction of sp³-hybridized carbons (Fsp3) is 0.700. The van der Waals surface area contributed by atoms with Crippen LogP contribution in [0.2, 0.25) is 0 Å². The van der Waals surface area contributed by atoms with E-state index in [1.807, 2.05) is 0 Å². The van der Waals surface area contributed by atoms with Crippen LogP contribution in [-0.4, -0.2) is 55.9 Å². The first-order chi connectivity index (χ1) is 8.74. The standard InChI is InChI=1S/C10H18N2O5S/c11-1-2-15-3-4-16-6-9-8(5-17-9)12-18-7-10(13)14/h5,9,12H,1-4,6-7,11H2,(H,13,14). The lowest BCUT2D eigenvalue weighted by atomic mass is 10.2. The average Bonchev–Trinajstić information content (AvgIpc) is 2.31. The minimum atomic E-state index is -0.863. The van der Waals surface area contributed by atoms with Crippen LogP contribution >= 0.6 is 11.9 Å². The quantitative estimate of drug-likeness (QED) is 0.345. The van der Waals surface area contributed by atoms with Gasteiger partial charge < -0.3 is 29.8 Å². The van der Waals surface area contributed by atoms with Crippen molar-refractivity contribution in [2.45, 2.75) is 6.10 Å². The third-order valence-corrected chi connectivity index (χ3v) is 2.77. The van der Waals surface area contributed by atoms with Crippen molar-refractivity contribution in [2.24, 2.45) is 5.73 Å². The zero-order valence-electron chi connectivity index (χ0n) is 9.96. The summed E-state index contributed by atoms with van der Waals surface area (Å²) in [6, 6.07) is 0. The Kier molecular flexibility index (Phi) is 7.58. The fourth-order valence-corrected chi connectivity index (χ4v) is 1.67. The molecule has 8 heteroatoms. The lowest BCUT2D eigenvalue weighted by Crippen LogP contribution is -2.34. The average molecular weight is 278 g/mol. The van der Waals surface area contributed by atoms with Crippen LogP contribution < -0.4 is 10.5 Å². The van der Waals surface area contributed by atoms with Crippen molar-refractivity contribution in [1.29, 1.82) is 0 Å². The van der Waals surface area contributed by atoms with E-state index < -0.39 is 5.97 Å². The van der Waals surface area contributed by atoms with Gasteiger partial charge in [0, 0.05) is 6.54 Å². The van der Waals surface area contributed by atoms with E-state index in [1.165, 1.54) is 0 Å². The number of hydrogen-bond donors (Lipinski definition) is 3. The third-order valence-electron chi connectivity index (χ3n) is 2.00. The molecule has 0 aromatic heterocycles. The lowest BCUT2D eigenvalue weighted by Gasteiger charge is -2.27. The second-order valence-corrected chi connectivity index (χ2v) is 4.24. The Morgan fingerprint density at radius 1 is 1.50 bits per heavy atom. The molecule has 0 bridgehead atoms. The molecule has 0 aliphatic carbocycles. The van der Waals surface area contributed by atoms with E-state index in [1.54, 1.807) is 6.26 Å². The number of nitrogens with two attached hydrogens (primary N) is 1. The molecule has 1 heterocycles. The van der Waals surface area contributed by atoms with Gasteiger partial charge >= 0.3 is 5.97 Å². The summed E-state index contributed by atoms with van der Waals surface area (Å²) in [5.41, 5.74) is 6.10. The van der Waals surface area contributed by atoms with Gasteiger partial charge in [0.15, 0.2) is 6.10 Å². The second kappa shape index (κ2) is 9.03. The van der Waals surface area contributed by atoms with Crippen LogP contribution in [0.5, 0.6) is 0 Å². The van der Waals surface area contributed by atoms with E-state index in [-0.39, 0.29) is 11.9 Å². The van der Waals surface area contributed by atoms with Crippen LogP contribution in [0.4, 0.5) is 0 Å². The van der Waals surface area contributed by atoms with Crippen molar-refractivity contribution in [3.05, 3.63) is 12.0 Å². The van der Waals surface area contributed by atoms with Crippen LogP contribution in [-0.2, 0) is 19.0 Å². The number of carboxylic acid groups (broad SMARTS) is 1. The first kappa shape index (κ1) is 15.1. The van der Waals surface area contributed by atoms with E-state index in [0.29, 0.717) is 33.0 Å². The molecule has 1 aliphatic rings. The van der Waals surface area contributed by atoms with Gasteiger partial charge in [-0.25, -0.2) is 0 Å². The van der Waals surface area contributed by atoms with Crippen LogP contribution in [0.25, 0.3) is 0 Å². The van der Waals surface area contributed by atoms with E-state index in [4.69, 9.17) is 25.1 Å². The SMILES string of the molecule is NCCOCCOCC1OC=C1NSCC(=O)O. The van der Waals surface area contributed by atoms with Gasteiger partial charge in [-0.15, -0.1) is 0 Å². The number of rotatable bonds is 11. The maximum absolute atomic E-state index is 10.3. The summed E-state index contributed by atoms with van der Waals surface area (Å²) in [5, 5.41) is 8.47. The summed E-state index contributed by atoms with van der Waals surface area (Å²) in [5.74, 6) is -0.865. The highest BCUT2D eigenvalue weighted by molar-refractivity contribution is 7.98. The van der Waals surface area contributed by atoms with Gasteiger partial charge in [-0.2, -0.15) is 0 Å². The summed E-state index contributed by atoms with van der Waals surface area (Å²) in [4.78, 5) is 10.3. The van der Waals surface area contributed by atoms with Gasteiger partial charge in [0.1, 0.15) is 12.0 Å². The van der Waals surface area contributed by atoms with Crippen LogP contribution in [0.3, 0.4) is 0 Å². The Bertz CT molecular complexity index is 287. The number of carboxylic acids is 1. The topological polar surface area (TPSA) is 103 Å². The molecule has 0 saturated carbocycles. The minimum Gasteiger partial charge on any atom is -0.487 e. The van der Waals surface area contributed by atoms with Gasteiger partial charge in [0.05, 0.1) is 32.1 Å². The largest absolute Gasteiger partial charge is 0.487 e. The molecule has 0 fully saturated rings. The molecule has 0 spiro atoms. The van der Waals surface area contributed by atoms with E-state index in [2.05, 4.69) is 4.72 Å². The molecule has 0 amide bonds. The van der Waals surface area contributed by atoms with E-state index in [9.17, 15) is 4.79 Å². The normalized spacial score (nSPS) is 17.6. The minimum absolute atomic E-state index is 0.00214. The predicted molar refractivity (Wildman–Crippen MR) is 66.9 cm³/mol. The smallest absolute Gasteiger partial charge is 0.315 e. The zero-order valence-corrected chi connectivity index (χ0v) is 10.8. The summed E-state index contributed by atoms with van der Waals surface area (Å²) in [6.45, 7) is 2.43. The molecular formula is C10H18N2O5S. The molecular weight excluding hydrogens is 260 g/mol. The fourth-order valence-electron chi connectivity index (χ4n) is 1.13. The number of nitrogens with one attached hydrogen (secondary N) is 1. The molecule has 1 unspecified atom stereocenters. The second-order valence-electron chi connectivity index (χ2n) is 3.46. The van der Waals surface area contributed by atoms with Crippen LogP contribution in [0.1, 0.15) is 0 Å².